The molecule has 0 bridgehead atoms. The second kappa shape index (κ2) is 6.43. The van der Waals surface area contributed by atoms with Crippen LogP contribution in [0.15, 0.2) is 0 Å². The van der Waals surface area contributed by atoms with E-state index >= 15 is 0 Å². The SMILES string of the molecule is CC(C)(C)OC(=O)N1CCC(O[Si](C)(C)C(C)(C)C)C1C(=O)O. The first kappa shape index (κ1) is 20.0. The molecule has 7 heteroatoms. The maximum atomic E-state index is 12.3. The molecule has 0 spiro atoms. The predicted molar refractivity (Wildman–Crippen MR) is 91.1 cm³/mol. The number of rotatable bonds is 3. The fourth-order valence-corrected chi connectivity index (χ4v) is 3.62. The zero-order chi connectivity index (χ0) is 18.2. The van der Waals surface area contributed by atoms with Gasteiger partial charge in [0.1, 0.15) is 5.60 Å². The van der Waals surface area contributed by atoms with Crippen molar-refractivity contribution in [3.63, 3.8) is 0 Å². The van der Waals surface area contributed by atoms with E-state index in [1.807, 2.05) is 0 Å². The fourth-order valence-electron chi connectivity index (χ4n) is 2.26. The van der Waals surface area contributed by atoms with Crippen molar-refractivity contribution in [3.05, 3.63) is 0 Å². The third-order valence-electron chi connectivity index (χ3n) is 4.48. The summed E-state index contributed by atoms with van der Waals surface area (Å²) in [4.78, 5) is 25.3. The highest BCUT2D eigenvalue weighted by Crippen LogP contribution is 2.39. The molecular weight excluding hydrogens is 314 g/mol. The Balaban J connectivity index is 2.93. The standard InChI is InChI=1S/C16H31NO5Si/c1-15(2,3)21-14(20)17-10-9-11(12(17)13(18)19)22-23(7,8)16(4,5)6/h11-12H,9-10H2,1-8H3,(H,18,19). The van der Waals surface area contributed by atoms with Crippen molar-refractivity contribution in [1.82, 2.24) is 4.90 Å². The van der Waals surface area contributed by atoms with Gasteiger partial charge in [0.2, 0.25) is 0 Å². The highest BCUT2D eigenvalue weighted by molar-refractivity contribution is 6.74. The molecule has 6 nitrogen and oxygen atoms in total. The Kier molecular flexibility index (Phi) is 5.58. The lowest BCUT2D eigenvalue weighted by atomic mass is 10.2. The monoisotopic (exact) mass is 345 g/mol. The number of nitrogens with zero attached hydrogens (tertiary/aromatic N) is 1. The summed E-state index contributed by atoms with van der Waals surface area (Å²) in [6.07, 6.45) is -0.560. The van der Waals surface area contributed by atoms with Gasteiger partial charge in [-0.25, -0.2) is 9.59 Å². The minimum Gasteiger partial charge on any atom is -0.480 e. The van der Waals surface area contributed by atoms with Crippen LogP contribution < -0.4 is 0 Å². The van der Waals surface area contributed by atoms with E-state index in [2.05, 4.69) is 33.9 Å². The van der Waals surface area contributed by atoms with Crippen molar-refractivity contribution in [1.29, 1.82) is 0 Å². The van der Waals surface area contributed by atoms with Crippen molar-refractivity contribution in [2.45, 2.75) is 83.8 Å². The van der Waals surface area contributed by atoms with Gasteiger partial charge < -0.3 is 14.3 Å². The third-order valence-corrected chi connectivity index (χ3v) is 8.98. The molecule has 1 rings (SSSR count). The molecule has 1 heterocycles. The normalized spacial score (nSPS) is 23.0. The van der Waals surface area contributed by atoms with Gasteiger partial charge >= 0.3 is 12.1 Å². The van der Waals surface area contributed by atoms with Gasteiger partial charge in [-0.3, -0.25) is 4.90 Å². The van der Waals surface area contributed by atoms with E-state index in [1.54, 1.807) is 20.8 Å². The number of hydrogen-bond acceptors (Lipinski definition) is 4. The molecule has 0 radical (unpaired) electrons. The van der Waals surface area contributed by atoms with Crippen molar-refractivity contribution in [3.8, 4) is 0 Å². The van der Waals surface area contributed by atoms with E-state index in [-0.39, 0.29) is 5.04 Å². The number of aliphatic carboxylic acids is 1. The van der Waals surface area contributed by atoms with E-state index in [0.717, 1.165) is 0 Å². The van der Waals surface area contributed by atoms with Gasteiger partial charge in [-0.2, -0.15) is 0 Å². The lowest BCUT2D eigenvalue weighted by Crippen LogP contribution is -2.52. The van der Waals surface area contributed by atoms with Crippen molar-refractivity contribution in [2.24, 2.45) is 0 Å². The molecular formula is C16H31NO5Si. The summed E-state index contributed by atoms with van der Waals surface area (Å²) in [5, 5.41) is 9.57. The van der Waals surface area contributed by atoms with Crippen molar-refractivity contribution < 1.29 is 23.9 Å². The van der Waals surface area contributed by atoms with Crippen LogP contribution in [0.2, 0.25) is 18.1 Å². The summed E-state index contributed by atoms with van der Waals surface area (Å²) in [5.41, 5.74) is -0.654. The fraction of sp³-hybridized carbons (Fsp3) is 0.875. The lowest BCUT2D eigenvalue weighted by Gasteiger charge is -2.39. The molecule has 1 fully saturated rings. The average Bonchev–Trinajstić information content (AvgIpc) is 2.67. The van der Waals surface area contributed by atoms with Crippen LogP contribution in [0.5, 0.6) is 0 Å². The Morgan fingerprint density at radius 1 is 1.13 bits per heavy atom. The molecule has 0 aromatic rings. The van der Waals surface area contributed by atoms with Crippen LogP contribution in [-0.2, 0) is 14.0 Å². The lowest BCUT2D eigenvalue weighted by molar-refractivity contribution is -0.144. The maximum absolute atomic E-state index is 12.3. The van der Waals surface area contributed by atoms with Gasteiger partial charge in [0.25, 0.3) is 0 Å². The van der Waals surface area contributed by atoms with Crippen LogP contribution in [0.4, 0.5) is 4.79 Å². The van der Waals surface area contributed by atoms with Crippen LogP contribution in [-0.4, -0.2) is 54.7 Å². The molecule has 134 valence electrons. The van der Waals surface area contributed by atoms with Crippen LogP contribution in [0.3, 0.4) is 0 Å². The van der Waals surface area contributed by atoms with Gasteiger partial charge in [0, 0.05) is 6.54 Å². The average molecular weight is 346 g/mol. The summed E-state index contributed by atoms with van der Waals surface area (Å²) >= 11 is 0. The molecule has 1 aliphatic rings. The summed E-state index contributed by atoms with van der Waals surface area (Å²) in [7, 11) is -2.11. The van der Waals surface area contributed by atoms with Crippen LogP contribution in [0.25, 0.3) is 0 Å². The van der Waals surface area contributed by atoms with E-state index in [4.69, 9.17) is 9.16 Å². The number of amides is 1. The molecule has 1 N–H and O–H groups in total. The Morgan fingerprint density at radius 2 is 1.65 bits per heavy atom. The van der Waals surface area contributed by atoms with Crippen molar-refractivity contribution in [2.75, 3.05) is 6.54 Å². The zero-order valence-electron chi connectivity index (χ0n) is 15.6. The number of hydrogen-bond donors (Lipinski definition) is 1. The number of carbonyl (C=O) groups is 2. The highest BCUT2D eigenvalue weighted by Gasteiger charge is 2.48. The van der Waals surface area contributed by atoms with E-state index in [1.165, 1.54) is 4.90 Å². The molecule has 0 saturated carbocycles. The molecule has 2 unspecified atom stereocenters. The Morgan fingerprint density at radius 3 is 2.04 bits per heavy atom. The third kappa shape index (κ3) is 4.94. The Hall–Kier alpha value is -1.08. The molecule has 1 saturated heterocycles. The number of ether oxygens (including phenoxy) is 1. The Labute approximate surface area is 140 Å². The smallest absolute Gasteiger partial charge is 0.411 e. The summed E-state index contributed by atoms with van der Waals surface area (Å²) in [6.45, 7) is 16.1. The van der Waals surface area contributed by atoms with E-state index < -0.39 is 38.1 Å². The summed E-state index contributed by atoms with van der Waals surface area (Å²) in [5.74, 6) is -1.04. The van der Waals surface area contributed by atoms with Crippen LogP contribution in [0.1, 0.15) is 48.0 Å². The van der Waals surface area contributed by atoms with Gasteiger partial charge in [-0.05, 0) is 45.3 Å². The minimum absolute atomic E-state index is 0.0185. The van der Waals surface area contributed by atoms with Gasteiger partial charge in [0.05, 0.1) is 6.10 Å². The molecule has 0 aliphatic carbocycles. The molecule has 1 aliphatic heterocycles. The van der Waals surface area contributed by atoms with E-state index in [0.29, 0.717) is 13.0 Å². The molecule has 2 atom stereocenters. The largest absolute Gasteiger partial charge is 0.480 e. The van der Waals surface area contributed by atoms with Crippen molar-refractivity contribution >= 4 is 20.4 Å². The topological polar surface area (TPSA) is 76.1 Å². The molecule has 23 heavy (non-hydrogen) atoms. The predicted octanol–water partition coefficient (Wildman–Crippen LogP) is 3.47. The second-order valence-electron chi connectivity index (χ2n) is 8.66. The number of carbonyl (C=O) groups excluding carboxylic acids is 1. The first-order chi connectivity index (χ1) is 10.2. The first-order valence-electron chi connectivity index (χ1n) is 8.06. The van der Waals surface area contributed by atoms with Gasteiger partial charge in [-0.1, -0.05) is 20.8 Å². The summed E-state index contributed by atoms with van der Waals surface area (Å²) in [6, 6.07) is -0.987. The molecule has 0 aromatic heterocycles. The number of carboxylic acid groups (broad SMARTS) is 1. The first-order valence-corrected chi connectivity index (χ1v) is 11.0. The number of likely N-dealkylation sites (tertiary alicyclic amines) is 1. The minimum atomic E-state index is -2.11. The highest BCUT2D eigenvalue weighted by atomic mass is 28.4. The molecule has 0 aromatic carbocycles. The summed E-state index contributed by atoms with van der Waals surface area (Å²) < 4.78 is 11.6. The zero-order valence-corrected chi connectivity index (χ0v) is 16.6. The van der Waals surface area contributed by atoms with Gasteiger partial charge in [0.15, 0.2) is 14.4 Å². The second-order valence-corrected chi connectivity index (χ2v) is 13.4. The Bertz CT molecular complexity index is 464. The van der Waals surface area contributed by atoms with Gasteiger partial charge in [-0.15, -0.1) is 0 Å². The van der Waals surface area contributed by atoms with Crippen LogP contribution in [0, 0.1) is 0 Å². The molecule has 1 amide bonds. The maximum Gasteiger partial charge on any atom is 0.411 e. The quantitative estimate of drug-likeness (QED) is 0.793. The number of carboxylic acids is 1. The van der Waals surface area contributed by atoms with Crippen LogP contribution >= 0.6 is 0 Å². The van der Waals surface area contributed by atoms with E-state index in [9.17, 15) is 14.7 Å².